The van der Waals surface area contributed by atoms with Gasteiger partial charge in [-0.1, -0.05) is 11.6 Å². The van der Waals surface area contributed by atoms with Gasteiger partial charge in [0.2, 0.25) is 5.91 Å². The van der Waals surface area contributed by atoms with Gasteiger partial charge in [-0.05, 0) is 29.8 Å². The number of hydrogen-bond acceptors (Lipinski definition) is 5. The van der Waals surface area contributed by atoms with Crippen LogP contribution < -0.4 is 5.32 Å². The maximum Gasteiger partial charge on any atom is 0.284 e. The Hall–Kier alpha value is -2.12. The minimum absolute atomic E-state index is 0.0908. The second kappa shape index (κ2) is 7.77. The molecule has 0 aliphatic carbocycles. The molecule has 1 N–H and O–H groups in total. The Morgan fingerprint density at radius 3 is 2.73 bits per heavy atom. The van der Waals surface area contributed by atoms with Crippen molar-refractivity contribution in [2.75, 3.05) is 5.75 Å². The van der Waals surface area contributed by atoms with Gasteiger partial charge >= 0.3 is 0 Å². The Morgan fingerprint density at radius 2 is 2.05 bits per heavy atom. The van der Waals surface area contributed by atoms with Crippen LogP contribution in [-0.2, 0) is 11.3 Å². The number of amides is 1. The Bertz CT molecular complexity index is 682. The molecule has 0 unspecified atom stereocenters. The molecular formula is C14H12ClN3O3S. The topological polar surface area (TPSA) is 85.1 Å². The predicted molar refractivity (Wildman–Crippen MR) is 84.9 cm³/mol. The number of carbonyl (C=O) groups excluding carboxylic acids is 1. The summed E-state index contributed by atoms with van der Waals surface area (Å²) in [5, 5.41) is 14.0. The van der Waals surface area contributed by atoms with E-state index in [1.165, 1.54) is 6.07 Å². The van der Waals surface area contributed by atoms with Gasteiger partial charge in [-0.15, -0.1) is 11.8 Å². The molecule has 114 valence electrons. The SMILES string of the molecule is O=C(CSc1ccc(Cl)cc1[N+](=O)[O-])NCc1ccncc1. The van der Waals surface area contributed by atoms with Crippen molar-refractivity contribution in [1.82, 2.24) is 10.3 Å². The number of nitro groups is 1. The molecular weight excluding hydrogens is 326 g/mol. The molecule has 8 heteroatoms. The molecule has 0 saturated heterocycles. The summed E-state index contributed by atoms with van der Waals surface area (Å²) in [5.74, 6) is -0.112. The van der Waals surface area contributed by atoms with Crippen LogP contribution in [0.25, 0.3) is 0 Å². The molecule has 0 aliphatic heterocycles. The van der Waals surface area contributed by atoms with Gasteiger partial charge in [0.25, 0.3) is 5.69 Å². The van der Waals surface area contributed by atoms with Gasteiger partial charge in [0.15, 0.2) is 0 Å². The largest absolute Gasteiger partial charge is 0.351 e. The third-order valence-electron chi connectivity index (χ3n) is 2.72. The lowest BCUT2D eigenvalue weighted by molar-refractivity contribution is -0.387. The van der Waals surface area contributed by atoms with Gasteiger partial charge in [0.1, 0.15) is 0 Å². The highest BCUT2D eigenvalue weighted by Crippen LogP contribution is 2.31. The van der Waals surface area contributed by atoms with E-state index < -0.39 is 4.92 Å². The molecule has 0 saturated carbocycles. The minimum atomic E-state index is -0.511. The Balaban J connectivity index is 1.90. The fraction of sp³-hybridized carbons (Fsp3) is 0.143. The van der Waals surface area contributed by atoms with Crippen LogP contribution in [0.3, 0.4) is 0 Å². The maximum absolute atomic E-state index is 11.8. The van der Waals surface area contributed by atoms with E-state index in [-0.39, 0.29) is 22.4 Å². The first-order chi connectivity index (χ1) is 10.6. The van der Waals surface area contributed by atoms with Gasteiger partial charge in [-0.2, -0.15) is 0 Å². The Labute approximate surface area is 136 Å². The van der Waals surface area contributed by atoms with Gasteiger partial charge in [0.05, 0.1) is 15.6 Å². The van der Waals surface area contributed by atoms with Gasteiger partial charge in [-0.3, -0.25) is 19.9 Å². The van der Waals surface area contributed by atoms with Crippen LogP contribution in [0, 0.1) is 10.1 Å². The second-order valence-corrected chi connectivity index (χ2v) is 5.74. The third kappa shape index (κ3) is 4.71. The number of halogens is 1. The summed E-state index contributed by atoms with van der Waals surface area (Å²) in [5.41, 5.74) is 0.838. The van der Waals surface area contributed by atoms with Crippen LogP contribution in [0.4, 0.5) is 5.69 Å². The molecule has 0 spiro atoms. The fourth-order valence-corrected chi connectivity index (χ4v) is 2.65. The summed E-state index contributed by atoms with van der Waals surface area (Å²) in [4.78, 5) is 26.5. The normalized spacial score (nSPS) is 10.2. The highest BCUT2D eigenvalue weighted by Gasteiger charge is 2.15. The summed E-state index contributed by atoms with van der Waals surface area (Å²) < 4.78 is 0. The Morgan fingerprint density at radius 1 is 1.32 bits per heavy atom. The minimum Gasteiger partial charge on any atom is -0.351 e. The molecule has 2 aromatic rings. The Kier molecular flexibility index (Phi) is 5.74. The van der Waals surface area contributed by atoms with Crippen LogP contribution in [0.2, 0.25) is 5.02 Å². The molecule has 1 aromatic carbocycles. The third-order valence-corrected chi connectivity index (χ3v) is 4.01. The molecule has 6 nitrogen and oxygen atoms in total. The fourth-order valence-electron chi connectivity index (χ4n) is 1.65. The summed E-state index contributed by atoms with van der Waals surface area (Å²) >= 11 is 6.85. The first-order valence-corrected chi connectivity index (χ1v) is 7.65. The standard InChI is InChI=1S/C14H12ClN3O3S/c15-11-1-2-13(12(7-11)18(20)21)22-9-14(19)17-8-10-3-5-16-6-4-10/h1-7H,8-9H2,(H,17,19). The number of aromatic nitrogens is 1. The van der Waals surface area contributed by atoms with Crippen LogP contribution >= 0.6 is 23.4 Å². The average Bonchev–Trinajstić information content (AvgIpc) is 2.52. The van der Waals surface area contributed by atoms with E-state index in [4.69, 9.17) is 11.6 Å². The number of thioether (sulfide) groups is 1. The van der Waals surface area contributed by atoms with E-state index in [0.29, 0.717) is 11.4 Å². The van der Waals surface area contributed by atoms with Gasteiger partial charge in [0, 0.05) is 30.0 Å². The number of nitrogens with one attached hydrogen (secondary N) is 1. The van der Waals surface area contributed by atoms with Crippen LogP contribution in [0.15, 0.2) is 47.6 Å². The molecule has 0 fully saturated rings. The highest BCUT2D eigenvalue weighted by molar-refractivity contribution is 8.00. The molecule has 22 heavy (non-hydrogen) atoms. The van der Waals surface area contributed by atoms with Crippen molar-refractivity contribution in [3.63, 3.8) is 0 Å². The molecule has 0 aliphatic rings. The van der Waals surface area contributed by atoms with Crippen molar-refractivity contribution in [3.05, 3.63) is 63.4 Å². The quantitative estimate of drug-likeness (QED) is 0.497. The number of pyridine rings is 1. The summed E-state index contributed by atoms with van der Waals surface area (Å²) in [6.45, 7) is 0.393. The molecule has 0 radical (unpaired) electrons. The summed E-state index contributed by atoms with van der Waals surface area (Å²) in [6, 6.07) is 7.99. The van der Waals surface area contributed by atoms with Crippen molar-refractivity contribution < 1.29 is 9.72 Å². The number of rotatable bonds is 6. The second-order valence-electron chi connectivity index (χ2n) is 4.29. The number of carbonyl (C=O) groups is 1. The highest BCUT2D eigenvalue weighted by atomic mass is 35.5. The molecule has 2 rings (SSSR count). The van der Waals surface area contributed by atoms with Gasteiger partial charge < -0.3 is 5.32 Å². The summed E-state index contributed by atoms with van der Waals surface area (Å²) in [6.07, 6.45) is 3.29. The smallest absolute Gasteiger partial charge is 0.284 e. The molecule has 0 bridgehead atoms. The van der Waals surface area contributed by atoms with Crippen molar-refractivity contribution in [2.45, 2.75) is 11.4 Å². The van der Waals surface area contributed by atoms with Crippen molar-refractivity contribution in [3.8, 4) is 0 Å². The van der Waals surface area contributed by atoms with E-state index in [0.717, 1.165) is 17.3 Å². The number of nitro benzene ring substituents is 1. The van der Waals surface area contributed by atoms with Crippen molar-refractivity contribution in [2.24, 2.45) is 0 Å². The molecule has 0 atom stereocenters. The van der Waals surface area contributed by atoms with E-state index in [2.05, 4.69) is 10.3 Å². The first kappa shape index (κ1) is 16.3. The zero-order chi connectivity index (χ0) is 15.9. The summed E-state index contributed by atoms with van der Waals surface area (Å²) in [7, 11) is 0. The van der Waals surface area contributed by atoms with Crippen molar-refractivity contribution >= 4 is 35.0 Å². The number of nitrogens with zero attached hydrogens (tertiary/aromatic N) is 2. The maximum atomic E-state index is 11.8. The van der Waals surface area contributed by atoms with Crippen molar-refractivity contribution in [1.29, 1.82) is 0 Å². The lowest BCUT2D eigenvalue weighted by Crippen LogP contribution is -2.24. The zero-order valence-corrected chi connectivity index (χ0v) is 12.9. The van der Waals surface area contributed by atoms with Gasteiger partial charge in [-0.25, -0.2) is 0 Å². The molecule has 1 amide bonds. The van der Waals surface area contributed by atoms with E-state index in [9.17, 15) is 14.9 Å². The number of benzene rings is 1. The monoisotopic (exact) mass is 337 g/mol. The van der Waals surface area contributed by atoms with Crippen LogP contribution in [0.1, 0.15) is 5.56 Å². The van der Waals surface area contributed by atoms with Crippen LogP contribution in [-0.4, -0.2) is 21.6 Å². The molecule has 1 aromatic heterocycles. The van der Waals surface area contributed by atoms with E-state index in [1.54, 1.807) is 36.7 Å². The zero-order valence-electron chi connectivity index (χ0n) is 11.4. The van der Waals surface area contributed by atoms with E-state index in [1.807, 2.05) is 0 Å². The van der Waals surface area contributed by atoms with Crippen LogP contribution in [0.5, 0.6) is 0 Å². The first-order valence-electron chi connectivity index (χ1n) is 6.28. The number of hydrogen-bond donors (Lipinski definition) is 1. The average molecular weight is 338 g/mol. The lowest BCUT2D eigenvalue weighted by atomic mass is 10.3. The predicted octanol–water partition coefficient (Wildman–Crippen LogP) is 3.05. The molecule has 1 heterocycles. The van der Waals surface area contributed by atoms with E-state index >= 15 is 0 Å². The lowest BCUT2D eigenvalue weighted by Gasteiger charge is -2.06.